The Kier molecular flexibility index (Phi) is 3.48. The zero-order valence-electron chi connectivity index (χ0n) is 9.24. The molecule has 0 aliphatic carbocycles. The molecule has 0 unspecified atom stereocenters. The van der Waals surface area contributed by atoms with E-state index in [4.69, 9.17) is 0 Å². The molecule has 0 aliphatic rings. The molecule has 0 atom stereocenters. The molecular formula is C7H9KN4O2. The first-order valence-electron chi connectivity index (χ1n) is 3.71. The van der Waals surface area contributed by atoms with Gasteiger partial charge >= 0.3 is 57.1 Å². The van der Waals surface area contributed by atoms with Crippen LogP contribution in [0, 0.1) is 0 Å². The van der Waals surface area contributed by atoms with Crippen LogP contribution in [-0.4, -0.2) is 19.1 Å². The van der Waals surface area contributed by atoms with Crippen molar-refractivity contribution in [1.82, 2.24) is 19.1 Å². The van der Waals surface area contributed by atoms with E-state index in [9.17, 15) is 9.59 Å². The Morgan fingerprint density at radius 1 is 1.43 bits per heavy atom. The number of fused-ring (bicyclic) bond motifs is 1. The van der Waals surface area contributed by atoms with Crippen molar-refractivity contribution in [3.8, 4) is 0 Å². The van der Waals surface area contributed by atoms with Crippen LogP contribution >= 0.6 is 0 Å². The number of hydrogen-bond acceptors (Lipinski definition) is 3. The van der Waals surface area contributed by atoms with Crippen molar-refractivity contribution in [3.63, 3.8) is 0 Å². The Morgan fingerprint density at radius 2 is 2.07 bits per heavy atom. The number of aromatic amines is 1. The van der Waals surface area contributed by atoms with Crippen LogP contribution in [0.4, 0.5) is 0 Å². The molecule has 2 rings (SSSR count). The van der Waals surface area contributed by atoms with Crippen LogP contribution in [-0.2, 0) is 14.1 Å². The van der Waals surface area contributed by atoms with Gasteiger partial charge in [0.2, 0.25) is 0 Å². The SMILES string of the molecule is Cn1cnc2c1c(=O)[nH]c(=O)n2C.[H-].[K+]. The molecule has 0 saturated heterocycles. The van der Waals surface area contributed by atoms with Gasteiger partial charge in [-0.15, -0.1) is 0 Å². The number of nitrogens with one attached hydrogen (secondary N) is 1. The van der Waals surface area contributed by atoms with Crippen molar-refractivity contribution in [2.24, 2.45) is 14.1 Å². The molecule has 0 saturated carbocycles. The second kappa shape index (κ2) is 4.11. The Labute approximate surface area is 123 Å². The zero-order valence-corrected chi connectivity index (χ0v) is 11.4. The largest absolute Gasteiger partial charge is 1.00 e. The van der Waals surface area contributed by atoms with E-state index < -0.39 is 11.2 Å². The Morgan fingerprint density at radius 3 is 2.71 bits per heavy atom. The molecule has 0 amide bonds. The third-order valence-corrected chi connectivity index (χ3v) is 1.98. The van der Waals surface area contributed by atoms with E-state index in [1.54, 1.807) is 18.7 Å². The number of aromatic nitrogens is 4. The molecule has 14 heavy (non-hydrogen) atoms. The standard InChI is InChI=1S/C7H8N4O2.K.H/c1-10-3-8-5-4(10)6(12)9-7(13)11(5)2;;/h3H,1-2H3,(H,9,12,13);;/q;+1;-1. The monoisotopic (exact) mass is 220 g/mol. The van der Waals surface area contributed by atoms with Gasteiger partial charge in [-0.25, -0.2) is 9.78 Å². The Balaban J connectivity index is 0.000000980. The average Bonchev–Trinajstić information content (AvgIpc) is 2.44. The van der Waals surface area contributed by atoms with Crippen LogP contribution in [0.15, 0.2) is 15.9 Å². The summed E-state index contributed by atoms with van der Waals surface area (Å²) >= 11 is 0. The molecule has 1 N–H and O–H groups in total. The van der Waals surface area contributed by atoms with Gasteiger partial charge in [-0.3, -0.25) is 14.3 Å². The van der Waals surface area contributed by atoms with Gasteiger partial charge < -0.3 is 5.99 Å². The minimum absolute atomic E-state index is 0. The van der Waals surface area contributed by atoms with Crippen LogP contribution in [0.25, 0.3) is 11.2 Å². The van der Waals surface area contributed by atoms with Crippen LogP contribution in [0.2, 0.25) is 0 Å². The third-order valence-electron chi connectivity index (χ3n) is 1.98. The third kappa shape index (κ3) is 1.65. The minimum Gasteiger partial charge on any atom is -1.00 e. The van der Waals surface area contributed by atoms with E-state index >= 15 is 0 Å². The van der Waals surface area contributed by atoms with E-state index in [1.165, 1.54) is 10.9 Å². The van der Waals surface area contributed by atoms with Crippen LogP contribution < -0.4 is 62.6 Å². The normalized spacial score (nSPS) is 10.1. The van der Waals surface area contributed by atoms with Crippen molar-refractivity contribution in [3.05, 3.63) is 27.2 Å². The Bertz CT molecular complexity index is 585. The molecule has 7 heteroatoms. The van der Waals surface area contributed by atoms with Gasteiger partial charge in [-0.05, 0) is 0 Å². The first kappa shape index (κ1) is 11.9. The van der Waals surface area contributed by atoms with Crippen LogP contribution in [0.5, 0.6) is 0 Å². The molecule has 0 aliphatic heterocycles. The average molecular weight is 220 g/mol. The minimum atomic E-state index is -0.448. The molecule has 0 radical (unpaired) electrons. The molecule has 2 aromatic heterocycles. The smallest absolute Gasteiger partial charge is 1.00 e. The molecule has 2 heterocycles. The predicted octanol–water partition coefficient (Wildman–Crippen LogP) is -3.92. The number of rotatable bonds is 0. The molecule has 0 aromatic carbocycles. The Hall–Kier alpha value is -0.214. The fourth-order valence-electron chi connectivity index (χ4n) is 1.26. The second-order valence-corrected chi connectivity index (χ2v) is 2.85. The summed E-state index contributed by atoms with van der Waals surface area (Å²) in [6.45, 7) is 0. The molecule has 2 aromatic rings. The maximum absolute atomic E-state index is 11.3. The quantitative estimate of drug-likeness (QED) is 0.461. The van der Waals surface area contributed by atoms with Crippen molar-refractivity contribution in [2.45, 2.75) is 0 Å². The summed E-state index contributed by atoms with van der Waals surface area (Å²) in [7, 11) is 3.27. The summed E-state index contributed by atoms with van der Waals surface area (Å²) < 4.78 is 2.88. The summed E-state index contributed by atoms with van der Waals surface area (Å²) in [6.07, 6.45) is 1.50. The summed E-state index contributed by atoms with van der Waals surface area (Å²) in [5.74, 6) is 0. The topological polar surface area (TPSA) is 72.7 Å². The van der Waals surface area contributed by atoms with Crippen molar-refractivity contribution in [2.75, 3.05) is 0 Å². The second-order valence-electron chi connectivity index (χ2n) is 2.85. The number of nitrogens with zero attached hydrogens (tertiary/aromatic N) is 3. The molecule has 6 nitrogen and oxygen atoms in total. The summed E-state index contributed by atoms with van der Waals surface area (Å²) in [4.78, 5) is 28.6. The molecule has 0 spiro atoms. The van der Waals surface area contributed by atoms with E-state index in [0.717, 1.165) is 0 Å². The first-order valence-corrected chi connectivity index (χ1v) is 3.71. The van der Waals surface area contributed by atoms with Gasteiger partial charge in [0.25, 0.3) is 5.56 Å². The first-order chi connectivity index (χ1) is 6.11. The summed E-state index contributed by atoms with van der Waals surface area (Å²) in [5.41, 5.74) is -0.0485. The number of imidazole rings is 1. The number of H-pyrrole nitrogens is 1. The zero-order chi connectivity index (χ0) is 9.59. The maximum Gasteiger partial charge on any atom is 1.00 e. The van der Waals surface area contributed by atoms with Gasteiger partial charge in [0.15, 0.2) is 11.2 Å². The van der Waals surface area contributed by atoms with Gasteiger partial charge in [0, 0.05) is 14.1 Å². The van der Waals surface area contributed by atoms with Gasteiger partial charge in [-0.2, -0.15) is 0 Å². The molecule has 0 bridgehead atoms. The van der Waals surface area contributed by atoms with Crippen molar-refractivity contribution < 1.29 is 52.8 Å². The van der Waals surface area contributed by atoms with Crippen LogP contribution in [0.3, 0.4) is 0 Å². The van der Waals surface area contributed by atoms with Gasteiger partial charge in [0.1, 0.15) is 0 Å². The molecule has 70 valence electrons. The van der Waals surface area contributed by atoms with Crippen molar-refractivity contribution in [1.29, 1.82) is 0 Å². The predicted molar refractivity (Wildman–Crippen MR) is 47.7 cm³/mol. The van der Waals surface area contributed by atoms with Crippen LogP contribution in [0.1, 0.15) is 1.43 Å². The maximum atomic E-state index is 11.3. The van der Waals surface area contributed by atoms with E-state index in [2.05, 4.69) is 9.97 Å². The molecular weight excluding hydrogens is 211 g/mol. The molecule has 0 fully saturated rings. The van der Waals surface area contributed by atoms with E-state index in [0.29, 0.717) is 11.2 Å². The van der Waals surface area contributed by atoms with E-state index in [1.807, 2.05) is 0 Å². The number of hydrogen-bond donors (Lipinski definition) is 1. The van der Waals surface area contributed by atoms with Gasteiger partial charge in [-0.1, -0.05) is 0 Å². The van der Waals surface area contributed by atoms with Gasteiger partial charge in [0.05, 0.1) is 6.33 Å². The van der Waals surface area contributed by atoms with Crippen molar-refractivity contribution >= 4 is 11.2 Å². The fourth-order valence-corrected chi connectivity index (χ4v) is 1.26. The number of aryl methyl sites for hydroxylation is 2. The summed E-state index contributed by atoms with van der Waals surface area (Å²) in [6, 6.07) is 0. The summed E-state index contributed by atoms with van der Waals surface area (Å²) in [5, 5.41) is 0. The fraction of sp³-hybridized carbons (Fsp3) is 0.286. The van der Waals surface area contributed by atoms with E-state index in [-0.39, 0.29) is 52.8 Å².